The molecular weight excluding hydrogens is 86.0 g/mol. The molecule has 0 unspecified atom stereocenters. The summed E-state index contributed by atoms with van der Waals surface area (Å²) in [7, 11) is 0. The maximum absolute atomic E-state index is 11.6. The fourth-order valence-electron chi connectivity index (χ4n) is 0.843. The van der Waals surface area contributed by atoms with Crippen LogP contribution in [0.25, 0.3) is 0 Å². The average Bonchev–Trinajstić information content (AvgIpc) is 2.28. The van der Waals surface area contributed by atoms with E-state index in [1.807, 2.05) is 0 Å². The van der Waals surface area contributed by atoms with Gasteiger partial charge in [-0.3, -0.25) is 0 Å². The van der Waals surface area contributed by atoms with Gasteiger partial charge in [-0.15, -0.1) is 0 Å². The lowest BCUT2D eigenvalue weighted by Crippen LogP contribution is -1.97. The second kappa shape index (κ2) is 0.515. The van der Waals surface area contributed by atoms with Gasteiger partial charge in [0.1, 0.15) is 12.3 Å². The molecule has 0 aromatic heterocycles. The van der Waals surface area contributed by atoms with E-state index in [0.717, 1.165) is 0 Å². The van der Waals surface area contributed by atoms with E-state index in [-0.39, 0.29) is 11.8 Å². The Bertz CT molecular complexity index is 71.5. The summed E-state index contributed by atoms with van der Waals surface area (Å²) in [6, 6.07) is 0. The Hall–Kier alpha value is -0.140. The molecule has 0 spiro atoms. The molecule has 0 nitrogen and oxygen atoms in total. The predicted octanol–water partition coefficient (Wildman–Crippen LogP) is 0.922. The average molecular weight is 90.1 g/mol. The lowest BCUT2D eigenvalue weighted by molar-refractivity contribution is 0.272. The summed E-state index contributed by atoms with van der Waals surface area (Å²) in [6.07, 6.45) is -1.50. The van der Waals surface area contributed by atoms with Crippen LogP contribution >= 0.6 is 0 Å². The minimum absolute atomic E-state index is 0.148. The number of halogens is 2. The maximum atomic E-state index is 11.6. The molecule has 2 rings (SSSR count). The molecule has 0 aromatic carbocycles. The highest BCUT2D eigenvalue weighted by atomic mass is 19.2. The first-order chi connectivity index (χ1) is 2.82. The molecule has 0 bridgehead atoms. The molecule has 0 amide bonds. The van der Waals surface area contributed by atoms with Gasteiger partial charge in [0.2, 0.25) is 0 Å². The molecular formula is C4H4F2. The SMILES string of the molecule is FC1C2C(F)C12. The van der Waals surface area contributed by atoms with E-state index < -0.39 is 12.3 Å². The highest BCUT2D eigenvalue weighted by Crippen LogP contribution is 2.66. The second-order valence-corrected chi connectivity index (χ2v) is 2.04. The fraction of sp³-hybridized carbons (Fsp3) is 1.00. The summed E-state index contributed by atoms with van der Waals surface area (Å²) in [5.41, 5.74) is 0. The van der Waals surface area contributed by atoms with Crippen LogP contribution in [0.3, 0.4) is 0 Å². The zero-order chi connectivity index (χ0) is 4.31. The number of hydrogen-bond donors (Lipinski definition) is 0. The van der Waals surface area contributed by atoms with Crippen molar-refractivity contribution in [2.75, 3.05) is 0 Å². The molecule has 0 aromatic rings. The van der Waals surface area contributed by atoms with Gasteiger partial charge in [0.15, 0.2) is 0 Å². The smallest absolute Gasteiger partial charge is 0.112 e. The zero-order valence-corrected chi connectivity index (χ0v) is 3.07. The number of hydrogen-bond acceptors (Lipinski definition) is 0. The van der Waals surface area contributed by atoms with Gasteiger partial charge in [-0.1, -0.05) is 0 Å². The molecule has 2 saturated carbocycles. The van der Waals surface area contributed by atoms with Gasteiger partial charge in [0, 0.05) is 11.8 Å². The second-order valence-electron chi connectivity index (χ2n) is 2.04. The molecule has 2 heteroatoms. The summed E-state index contributed by atoms with van der Waals surface area (Å²) in [6.45, 7) is 0. The third-order valence-corrected chi connectivity index (χ3v) is 1.63. The summed E-state index contributed by atoms with van der Waals surface area (Å²) < 4.78 is 23.1. The van der Waals surface area contributed by atoms with Crippen LogP contribution in [0.5, 0.6) is 0 Å². The van der Waals surface area contributed by atoms with Crippen LogP contribution in [-0.4, -0.2) is 12.3 Å². The van der Waals surface area contributed by atoms with Crippen LogP contribution in [0, 0.1) is 11.8 Å². The van der Waals surface area contributed by atoms with Crippen molar-refractivity contribution >= 4 is 0 Å². The summed E-state index contributed by atoms with van der Waals surface area (Å²) >= 11 is 0. The van der Waals surface area contributed by atoms with Gasteiger partial charge in [-0.05, 0) is 0 Å². The van der Waals surface area contributed by atoms with Gasteiger partial charge in [-0.2, -0.15) is 0 Å². The van der Waals surface area contributed by atoms with Crippen LogP contribution in [0.1, 0.15) is 0 Å². The Balaban J connectivity index is 2.06. The monoisotopic (exact) mass is 90.0 g/mol. The van der Waals surface area contributed by atoms with E-state index in [9.17, 15) is 8.78 Å². The third-order valence-electron chi connectivity index (χ3n) is 1.63. The van der Waals surface area contributed by atoms with Crippen molar-refractivity contribution in [2.45, 2.75) is 12.3 Å². The molecule has 0 aliphatic heterocycles. The summed E-state index contributed by atoms with van der Waals surface area (Å²) in [5, 5.41) is 0. The molecule has 0 heterocycles. The third kappa shape index (κ3) is 0.126. The largest absolute Gasteiger partial charge is 0.247 e. The molecule has 2 aliphatic carbocycles. The first-order valence-corrected chi connectivity index (χ1v) is 2.10. The first kappa shape index (κ1) is 2.94. The van der Waals surface area contributed by atoms with Crippen molar-refractivity contribution in [3.05, 3.63) is 0 Å². The Kier molecular flexibility index (Phi) is 0.252. The van der Waals surface area contributed by atoms with Crippen molar-refractivity contribution in [1.82, 2.24) is 0 Å². The van der Waals surface area contributed by atoms with E-state index in [1.165, 1.54) is 0 Å². The van der Waals surface area contributed by atoms with Crippen LogP contribution in [-0.2, 0) is 0 Å². The lowest BCUT2D eigenvalue weighted by atomic mass is 10.4. The molecule has 0 saturated heterocycles. The Morgan fingerprint density at radius 3 is 1.17 bits per heavy atom. The first-order valence-electron chi connectivity index (χ1n) is 2.10. The number of rotatable bonds is 0. The van der Waals surface area contributed by atoms with Gasteiger partial charge < -0.3 is 0 Å². The predicted molar refractivity (Wildman–Crippen MR) is 16.8 cm³/mol. The molecule has 0 N–H and O–H groups in total. The highest BCUT2D eigenvalue weighted by molar-refractivity contribution is 5.22. The van der Waals surface area contributed by atoms with Gasteiger partial charge in [0.05, 0.1) is 0 Å². The van der Waals surface area contributed by atoms with E-state index in [1.54, 1.807) is 0 Å². The minimum Gasteiger partial charge on any atom is -0.247 e. The molecule has 6 heavy (non-hydrogen) atoms. The molecule has 34 valence electrons. The maximum Gasteiger partial charge on any atom is 0.112 e. The van der Waals surface area contributed by atoms with Gasteiger partial charge in [0.25, 0.3) is 0 Å². The minimum atomic E-state index is -0.750. The quantitative estimate of drug-likeness (QED) is 0.415. The lowest BCUT2D eigenvalue weighted by Gasteiger charge is -1.88. The number of fused-ring (bicyclic) bond motifs is 1. The summed E-state index contributed by atoms with van der Waals surface area (Å²) in [4.78, 5) is 0. The molecule has 2 aliphatic rings. The Labute approximate surface area is 34.2 Å². The van der Waals surface area contributed by atoms with E-state index >= 15 is 0 Å². The van der Waals surface area contributed by atoms with E-state index in [4.69, 9.17) is 0 Å². The Morgan fingerprint density at radius 1 is 0.833 bits per heavy atom. The van der Waals surface area contributed by atoms with Crippen molar-refractivity contribution in [1.29, 1.82) is 0 Å². The summed E-state index contributed by atoms with van der Waals surface area (Å²) in [5.74, 6) is -0.296. The van der Waals surface area contributed by atoms with Crippen molar-refractivity contribution in [3.63, 3.8) is 0 Å². The van der Waals surface area contributed by atoms with Gasteiger partial charge >= 0.3 is 0 Å². The molecule has 0 radical (unpaired) electrons. The van der Waals surface area contributed by atoms with Crippen molar-refractivity contribution < 1.29 is 8.78 Å². The van der Waals surface area contributed by atoms with Crippen LogP contribution in [0.2, 0.25) is 0 Å². The van der Waals surface area contributed by atoms with Crippen LogP contribution in [0.15, 0.2) is 0 Å². The van der Waals surface area contributed by atoms with Crippen LogP contribution in [0.4, 0.5) is 8.78 Å². The Morgan fingerprint density at radius 2 is 1.17 bits per heavy atom. The molecule has 0 atom stereocenters. The van der Waals surface area contributed by atoms with Crippen molar-refractivity contribution in [3.8, 4) is 0 Å². The van der Waals surface area contributed by atoms with Gasteiger partial charge in [-0.25, -0.2) is 8.78 Å². The number of alkyl halides is 2. The van der Waals surface area contributed by atoms with E-state index in [2.05, 4.69) is 0 Å². The zero-order valence-electron chi connectivity index (χ0n) is 3.07. The van der Waals surface area contributed by atoms with Crippen molar-refractivity contribution in [2.24, 2.45) is 11.8 Å². The normalized spacial score (nSPS) is 73.0. The fourth-order valence-corrected chi connectivity index (χ4v) is 0.843. The van der Waals surface area contributed by atoms with Crippen LogP contribution < -0.4 is 0 Å². The standard InChI is InChI=1S/C4H4F2/c5-3-1-2(3)4(1)6/h1-4H. The highest BCUT2D eigenvalue weighted by Gasteiger charge is 2.76. The van der Waals surface area contributed by atoms with E-state index in [0.29, 0.717) is 0 Å². The molecule has 2 fully saturated rings. The topological polar surface area (TPSA) is 0 Å².